The Morgan fingerprint density at radius 2 is 2.00 bits per heavy atom. The Labute approximate surface area is 152 Å². The standard InChI is InChI=1S/C21H34N2O2/c1-7-23(20(24)25-21(4,5)6)14-16-9-8-10-18(11-16)22-19-12-17(13-19)15(2)3/h8-11,15,17,19,22H,7,12-14H2,1-6H3. The molecule has 1 aliphatic rings. The molecule has 0 unspecified atom stereocenters. The molecule has 1 aromatic rings. The van der Waals surface area contributed by atoms with E-state index >= 15 is 0 Å². The van der Waals surface area contributed by atoms with Crippen LogP contribution in [-0.4, -0.2) is 29.2 Å². The molecule has 1 N–H and O–H groups in total. The maximum Gasteiger partial charge on any atom is 0.410 e. The lowest BCUT2D eigenvalue weighted by atomic mass is 9.73. The zero-order valence-electron chi connectivity index (χ0n) is 16.6. The van der Waals surface area contributed by atoms with Crippen molar-refractivity contribution in [3.63, 3.8) is 0 Å². The van der Waals surface area contributed by atoms with E-state index < -0.39 is 5.60 Å². The van der Waals surface area contributed by atoms with Crippen LogP contribution in [0.1, 0.15) is 59.9 Å². The minimum atomic E-state index is -0.467. The maximum absolute atomic E-state index is 12.3. The number of rotatable bonds is 6. The van der Waals surface area contributed by atoms with Crippen LogP contribution in [0.25, 0.3) is 0 Å². The summed E-state index contributed by atoms with van der Waals surface area (Å²) in [5, 5.41) is 3.63. The molecule has 0 saturated heterocycles. The maximum atomic E-state index is 12.3. The molecule has 0 spiro atoms. The first-order valence-electron chi connectivity index (χ1n) is 9.51. The molecule has 0 aromatic heterocycles. The van der Waals surface area contributed by atoms with Crippen molar-refractivity contribution < 1.29 is 9.53 Å². The first-order chi connectivity index (χ1) is 11.7. The third kappa shape index (κ3) is 5.94. The van der Waals surface area contributed by atoms with E-state index in [1.807, 2.05) is 27.7 Å². The van der Waals surface area contributed by atoms with Gasteiger partial charge in [-0.05, 0) is 70.1 Å². The highest BCUT2D eigenvalue weighted by Crippen LogP contribution is 2.35. The lowest BCUT2D eigenvalue weighted by Gasteiger charge is -2.39. The van der Waals surface area contributed by atoms with Gasteiger partial charge in [0, 0.05) is 24.8 Å². The summed E-state index contributed by atoms with van der Waals surface area (Å²) in [5.74, 6) is 1.62. The van der Waals surface area contributed by atoms with Gasteiger partial charge < -0.3 is 15.0 Å². The Morgan fingerprint density at radius 1 is 1.32 bits per heavy atom. The minimum Gasteiger partial charge on any atom is -0.444 e. The summed E-state index contributed by atoms with van der Waals surface area (Å²) in [6, 6.07) is 8.96. The van der Waals surface area contributed by atoms with Crippen LogP contribution in [0.4, 0.5) is 10.5 Å². The molecule has 140 valence electrons. The lowest BCUT2D eigenvalue weighted by molar-refractivity contribution is 0.0244. The second-order valence-corrected chi connectivity index (χ2v) is 8.51. The summed E-state index contributed by atoms with van der Waals surface area (Å²) < 4.78 is 5.49. The average Bonchev–Trinajstić information content (AvgIpc) is 2.46. The third-order valence-corrected chi connectivity index (χ3v) is 4.82. The molecule has 0 bridgehead atoms. The predicted octanol–water partition coefficient (Wildman–Crippen LogP) is 5.29. The molecule has 0 aliphatic heterocycles. The van der Waals surface area contributed by atoms with Gasteiger partial charge in [0.05, 0.1) is 0 Å². The van der Waals surface area contributed by atoms with Gasteiger partial charge in [0.2, 0.25) is 0 Å². The van der Waals surface area contributed by atoms with Crippen LogP contribution < -0.4 is 5.32 Å². The summed E-state index contributed by atoms with van der Waals surface area (Å²) in [7, 11) is 0. The summed E-state index contributed by atoms with van der Waals surface area (Å²) >= 11 is 0. The molecular formula is C21H34N2O2. The highest BCUT2D eigenvalue weighted by molar-refractivity contribution is 5.68. The molecule has 1 aliphatic carbocycles. The molecule has 1 amide bonds. The molecule has 0 radical (unpaired) electrons. The van der Waals surface area contributed by atoms with Gasteiger partial charge in [-0.15, -0.1) is 0 Å². The summed E-state index contributed by atoms with van der Waals surface area (Å²) in [6.07, 6.45) is 2.24. The number of anilines is 1. The van der Waals surface area contributed by atoms with Crippen molar-refractivity contribution in [2.24, 2.45) is 11.8 Å². The number of amides is 1. The number of nitrogens with zero attached hydrogens (tertiary/aromatic N) is 1. The highest BCUT2D eigenvalue weighted by atomic mass is 16.6. The number of carbonyl (C=O) groups is 1. The van der Waals surface area contributed by atoms with E-state index in [0.29, 0.717) is 19.1 Å². The first-order valence-corrected chi connectivity index (χ1v) is 9.51. The molecule has 0 atom stereocenters. The summed E-state index contributed by atoms with van der Waals surface area (Å²) in [4.78, 5) is 14.0. The fourth-order valence-corrected chi connectivity index (χ4v) is 3.17. The summed E-state index contributed by atoms with van der Waals surface area (Å²) in [5.41, 5.74) is 1.80. The molecule has 4 nitrogen and oxygen atoms in total. The van der Waals surface area contributed by atoms with E-state index in [1.54, 1.807) is 4.90 Å². The number of nitrogens with one attached hydrogen (secondary N) is 1. The monoisotopic (exact) mass is 346 g/mol. The topological polar surface area (TPSA) is 41.6 Å². The van der Waals surface area contributed by atoms with Crippen LogP contribution in [-0.2, 0) is 11.3 Å². The molecule has 4 heteroatoms. The van der Waals surface area contributed by atoms with Gasteiger partial charge in [0.1, 0.15) is 5.60 Å². The predicted molar refractivity (Wildman–Crippen MR) is 104 cm³/mol. The average molecular weight is 347 g/mol. The molecule has 1 saturated carbocycles. The Kier molecular flexibility index (Phi) is 6.36. The first kappa shape index (κ1) is 19.6. The van der Waals surface area contributed by atoms with Gasteiger partial charge in [-0.1, -0.05) is 26.0 Å². The van der Waals surface area contributed by atoms with E-state index in [9.17, 15) is 4.79 Å². The Balaban J connectivity index is 1.93. The number of hydrogen-bond acceptors (Lipinski definition) is 3. The number of benzene rings is 1. The van der Waals surface area contributed by atoms with Gasteiger partial charge >= 0.3 is 6.09 Å². The Hall–Kier alpha value is -1.71. The van der Waals surface area contributed by atoms with Crippen LogP contribution >= 0.6 is 0 Å². The molecular weight excluding hydrogens is 312 g/mol. The van der Waals surface area contributed by atoms with Gasteiger partial charge in [-0.2, -0.15) is 0 Å². The second-order valence-electron chi connectivity index (χ2n) is 8.51. The summed E-state index contributed by atoms with van der Waals surface area (Å²) in [6.45, 7) is 13.5. The molecule has 1 aromatic carbocycles. The molecule has 0 heterocycles. The van der Waals surface area contributed by atoms with Crippen molar-refractivity contribution in [2.45, 2.75) is 72.6 Å². The van der Waals surface area contributed by atoms with Crippen LogP contribution in [0.2, 0.25) is 0 Å². The second kappa shape index (κ2) is 8.11. The van der Waals surface area contributed by atoms with Crippen molar-refractivity contribution in [3.05, 3.63) is 29.8 Å². The van der Waals surface area contributed by atoms with Crippen molar-refractivity contribution in [2.75, 3.05) is 11.9 Å². The minimum absolute atomic E-state index is 0.257. The van der Waals surface area contributed by atoms with E-state index in [-0.39, 0.29) is 6.09 Å². The normalized spacial score (nSPS) is 20.1. The van der Waals surface area contributed by atoms with Crippen LogP contribution in [0.15, 0.2) is 24.3 Å². The number of carbonyl (C=O) groups excluding carboxylic acids is 1. The largest absolute Gasteiger partial charge is 0.444 e. The fourth-order valence-electron chi connectivity index (χ4n) is 3.17. The molecule has 1 fully saturated rings. The Bertz CT molecular complexity index is 572. The van der Waals surface area contributed by atoms with Crippen molar-refractivity contribution in [3.8, 4) is 0 Å². The van der Waals surface area contributed by atoms with Gasteiger partial charge in [-0.25, -0.2) is 4.79 Å². The molecule has 2 rings (SSSR count). The fraction of sp³-hybridized carbons (Fsp3) is 0.667. The SMILES string of the molecule is CCN(Cc1cccc(NC2CC(C(C)C)C2)c1)C(=O)OC(C)(C)C. The van der Waals surface area contributed by atoms with Gasteiger partial charge in [-0.3, -0.25) is 0 Å². The van der Waals surface area contributed by atoms with E-state index in [2.05, 4.69) is 43.4 Å². The van der Waals surface area contributed by atoms with E-state index in [0.717, 1.165) is 23.1 Å². The van der Waals surface area contributed by atoms with Crippen LogP contribution in [0.3, 0.4) is 0 Å². The van der Waals surface area contributed by atoms with Crippen LogP contribution in [0, 0.1) is 11.8 Å². The van der Waals surface area contributed by atoms with Crippen molar-refractivity contribution >= 4 is 11.8 Å². The zero-order chi connectivity index (χ0) is 18.6. The van der Waals surface area contributed by atoms with E-state index in [4.69, 9.17) is 4.74 Å². The molecule has 25 heavy (non-hydrogen) atoms. The number of hydrogen-bond donors (Lipinski definition) is 1. The number of ether oxygens (including phenoxy) is 1. The highest BCUT2D eigenvalue weighted by Gasteiger charge is 2.31. The lowest BCUT2D eigenvalue weighted by Crippen LogP contribution is -2.38. The zero-order valence-corrected chi connectivity index (χ0v) is 16.6. The quantitative estimate of drug-likeness (QED) is 0.761. The van der Waals surface area contributed by atoms with Crippen molar-refractivity contribution in [1.29, 1.82) is 0 Å². The smallest absolute Gasteiger partial charge is 0.410 e. The van der Waals surface area contributed by atoms with Crippen molar-refractivity contribution in [1.82, 2.24) is 4.90 Å². The van der Waals surface area contributed by atoms with Crippen LogP contribution in [0.5, 0.6) is 0 Å². The Morgan fingerprint density at radius 3 is 2.56 bits per heavy atom. The van der Waals surface area contributed by atoms with E-state index in [1.165, 1.54) is 12.8 Å². The third-order valence-electron chi connectivity index (χ3n) is 4.82. The van der Waals surface area contributed by atoms with Gasteiger partial charge in [0.15, 0.2) is 0 Å². The van der Waals surface area contributed by atoms with Gasteiger partial charge in [0.25, 0.3) is 0 Å².